The molecule has 0 saturated carbocycles. The van der Waals surface area contributed by atoms with Crippen LogP contribution in [0.25, 0.3) is 0 Å². The molecule has 0 aromatic rings. The van der Waals surface area contributed by atoms with E-state index in [0.717, 1.165) is 56.5 Å². The van der Waals surface area contributed by atoms with E-state index < -0.39 is 0 Å². The summed E-state index contributed by atoms with van der Waals surface area (Å²) in [7, 11) is 0. The lowest BCUT2D eigenvalue weighted by atomic mass is 10.1. The molecular formula is C22H33N3O. The minimum Gasteiger partial charge on any atom is -0.392 e. The maximum atomic E-state index is 8.71. The lowest BCUT2D eigenvalue weighted by molar-refractivity contribution is 0.342. The summed E-state index contributed by atoms with van der Waals surface area (Å²) in [6.07, 6.45) is 16.4. The highest BCUT2D eigenvalue weighted by molar-refractivity contribution is 6.08. The Morgan fingerprint density at radius 2 is 1.96 bits per heavy atom. The monoisotopic (exact) mass is 355 g/mol. The van der Waals surface area contributed by atoms with E-state index in [4.69, 9.17) is 10.1 Å². The number of hydrogen-bond acceptors (Lipinski definition) is 4. The molecule has 4 nitrogen and oxygen atoms in total. The Hall–Kier alpha value is -1.94. The normalized spacial score (nSPS) is 22.4. The number of likely N-dealkylation sites (tertiary alicyclic amines) is 1. The van der Waals surface area contributed by atoms with Gasteiger partial charge in [-0.1, -0.05) is 49.0 Å². The molecule has 0 spiro atoms. The zero-order valence-electron chi connectivity index (χ0n) is 16.5. The van der Waals surface area contributed by atoms with Crippen molar-refractivity contribution in [1.29, 1.82) is 0 Å². The Morgan fingerprint density at radius 3 is 2.62 bits per heavy atom. The van der Waals surface area contributed by atoms with Crippen LogP contribution in [0.15, 0.2) is 57.6 Å². The highest BCUT2D eigenvalue weighted by Crippen LogP contribution is 2.21. The third-order valence-corrected chi connectivity index (χ3v) is 4.53. The summed E-state index contributed by atoms with van der Waals surface area (Å²) in [5, 5.41) is 8.71. The van der Waals surface area contributed by atoms with Crippen molar-refractivity contribution in [2.75, 3.05) is 26.2 Å². The van der Waals surface area contributed by atoms with Gasteiger partial charge in [0.25, 0.3) is 0 Å². The fourth-order valence-corrected chi connectivity index (χ4v) is 3.07. The molecule has 4 heteroatoms. The molecule has 2 rings (SSSR count). The Bertz CT molecular complexity index is 634. The number of aliphatic hydroxyl groups excluding tert-OH is 1. The molecule has 1 fully saturated rings. The van der Waals surface area contributed by atoms with Gasteiger partial charge in [-0.05, 0) is 39.0 Å². The maximum Gasteiger partial charge on any atom is 0.135 e. The molecule has 2 heterocycles. The van der Waals surface area contributed by atoms with Crippen LogP contribution in [0.4, 0.5) is 0 Å². The Morgan fingerprint density at radius 1 is 1.19 bits per heavy atom. The smallest absolute Gasteiger partial charge is 0.135 e. The first-order valence-corrected chi connectivity index (χ1v) is 9.72. The first-order valence-electron chi connectivity index (χ1n) is 9.72. The van der Waals surface area contributed by atoms with Crippen molar-refractivity contribution >= 4 is 11.7 Å². The van der Waals surface area contributed by atoms with Gasteiger partial charge in [0.2, 0.25) is 0 Å². The zero-order chi connectivity index (χ0) is 18.8. The van der Waals surface area contributed by atoms with Crippen molar-refractivity contribution in [2.45, 2.75) is 46.5 Å². The van der Waals surface area contributed by atoms with Crippen molar-refractivity contribution in [1.82, 2.24) is 4.90 Å². The fourth-order valence-electron chi connectivity index (χ4n) is 3.07. The van der Waals surface area contributed by atoms with Gasteiger partial charge in [0.1, 0.15) is 11.7 Å². The largest absolute Gasteiger partial charge is 0.392 e. The molecule has 1 N–H and O–H groups in total. The summed E-state index contributed by atoms with van der Waals surface area (Å²) < 4.78 is 0. The lowest BCUT2D eigenvalue weighted by Crippen LogP contribution is -2.33. The Balaban J connectivity index is 2.01. The number of hydrogen-bond donors (Lipinski definition) is 1. The summed E-state index contributed by atoms with van der Waals surface area (Å²) in [6, 6.07) is 0. The average molecular weight is 356 g/mol. The van der Waals surface area contributed by atoms with Crippen LogP contribution in [0.2, 0.25) is 0 Å². The van der Waals surface area contributed by atoms with E-state index in [1.54, 1.807) is 6.08 Å². The second-order valence-electron chi connectivity index (χ2n) is 7.35. The van der Waals surface area contributed by atoms with Crippen molar-refractivity contribution in [2.24, 2.45) is 15.9 Å². The number of unbranched alkanes of at least 4 members (excludes halogenated alkanes) is 1. The molecule has 1 saturated heterocycles. The third-order valence-electron chi connectivity index (χ3n) is 4.53. The van der Waals surface area contributed by atoms with Crippen molar-refractivity contribution < 1.29 is 5.11 Å². The van der Waals surface area contributed by atoms with Crippen LogP contribution in [-0.4, -0.2) is 47.9 Å². The highest BCUT2D eigenvalue weighted by Gasteiger charge is 2.25. The topological polar surface area (TPSA) is 48.2 Å². The summed E-state index contributed by atoms with van der Waals surface area (Å²) in [4.78, 5) is 12.0. The SMILES string of the molecule is CC(C)=C/C=C1\CN=C(C/C=C\CC/C=C\CO)N=C1N1CCC(C)C1. The summed E-state index contributed by atoms with van der Waals surface area (Å²) in [6.45, 7) is 9.56. The second kappa shape index (κ2) is 10.9. The first-order chi connectivity index (χ1) is 12.6. The standard InChI is InChI=1S/C22H33N3O/c1-18(2)11-12-20-16-23-21(10-8-6-4-5-7-9-15-26)24-22(20)25-14-13-19(3)17-25/h6-9,11-12,19,26H,4-5,10,13-17H2,1-3H3/b8-6-,9-7-,20-12+. The molecule has 0 aromatic carbocycles. The van der Waals surface area contributed by atoms with Gasteiger partial charge in [-0.25, -0.2) is 4.99 Å². The third kappa shape index (κ3) is 6.75. The molecule has 2 aliphatic heterocycles. The summed E-state index contributed by atoms with van der Waals surface area (Å²) >= 11 is 0. The number of aliphatic imine (C=N–C) groups is 2. The van der Waals surface area contributed by atoms with E-state index in [9.17, 15) is 0 Å². The fraction of sp³-hybridized carbons (Fsp3) is 0.545. The summed E-state index contributed by atoms with van der Waals surface area (Å²) in [5.41, 5.74) is 2.52. The second-order valence-corrected chi connectivity index (χ2v) is 7.35. The number of nitrogens with zero attached hydrogens (tertiary/aromatic N) is 3. The minimum atomic E-state index is 0.121. The van der Waals surface area contributed by atoms with Crippen LogP contribution in [0.3, 0.4) is 0 Å². The molecule has 1 unspecified atom stereocenters. The average Bonchev–Trinajstić information content (AvgIpc) is 3.06. The van der Waals surface area contributed by atoms with Crippen LogP contribution in [-0.2, 0) is 0 Å². The van der Waals surface area contributed by atoms with E-state index in [-0.39, 0.29) is 6.61 Å². The predicted molar refractivity (Wildman–Crippen MR) is 112 cm³/mol. The van der Waals surface area contributed by atoms with Crippen LogP contribution >= 0.6 is 0 Å². The molecule has 142 valence electrons. The van der Waals surface area contributed by atoms with Gasteiger partial charge in [-0.15, -0.1) is 0 Å². The van der Waals surface area contributed by atoms with Gasteiger partial charge in [-0.2, -0.15) is 0 Å². The van der Waals surface area contributed by atoms with E-state index in [0.29, 0.717) is 0 Å². The van der Waals surface area contributed by atoms with Crippen LogP contribution in [0, 0.1) is 5.92 Å². The van der Waals surface area contributed by atoms with E-state index in [1.807, 2.05) is 6.08 Å². The molecule has 0 aliphatic carbocycles. The molecule has 0 aromatic heterocycles. The first kappa shape index (κ1) is 20.4. The van der Waals surface area contributed by atoms with Gasteiger partial charge in [-0.3, -0.25) is 4.99 Å². The molecule has 0 bridgehead atoms. The van der Waals surface area contributed by atoms with Gasteiger partial charge < -0.3 is 10.0 Å². The number of aliphatic hydroxyl groups is 1. The Labute approximate surface area is 158 Å². The number of rotatable bonds is 7. The van der Waals surface area contributed by atoms with Crippen molar-refractivity contribution in [3.8, 4) is 0 Å². The van der Waals surface area contributed by atoms with Gasteiger partial charge in [0, 0.05) is 25.1 Å². The maximum absolute atomic E-state index is 8.71. The number of amidine groups is 2. The van der Waals surface area contributed by atoms with Crippen LogP contribution in [0.1, 0.15) is 46.5 Å². The highest BCUT2D eigenvalue weighted by atomic mass is 16.2. The van der Waals surface area contributed by atoms with Gasteiger partial charge >= 0.3 is 0 Å². The molecule has 0 amide bonds. The van der Waals surface area contributed by atoms with Crippen LogP contribution < -0.4 is 0 Å². The molecule has 2 aliphatic rings. The van der Waals surface area contributed by atoms with E-state index in [1.165, 1.54) is 17.6 Å². The van der Waals surface area contributed by atoms with Gasteiger partial charge in [0.05, 0.1) is 13.2 Å². The van der Waals surface area contributed by atoms with E-state index >= 15 is 0 Å². The lowest BCUT2D eigenvalue weighted by Gasteiger charge is -2.25. The van der Waals surface area contributed by atoms with Crippen LogP contribution in [0.5, 0.6) is 0 Å². The van der Waals surface area contributed by atoms with E-state index in [2.05, 4.69) is 55.0 Å². The summed E-state index contributed by atoms with van der Waals surface area (Å²) in [5.74, 6) is 2.78. The number of allylic oxidation sites excluding steroid dienone is 5. The quantitative estimate of drug-likeness (QED) is 0.546. The molecule has 26 heavy (non-hydrogen) atoms. The minimum absolute atomic E-state index is 0.121. The Kier molecular flexibility index (Phi) is 8.56. The van der Waals surface area contributed by atoms with Crippen molar-refractivity contribution in [3.63, 3.8) is 0 Å². The van der Waals surface area contributed by atoms with Crippen molar-refractivity contribution in [3.05, 3.63) is 47.6 Å². The molecule has 1 atom stereocenters. The predicted octanol–water partition coefficient (Wildman–Crippen LogP) is 4.31. The zero-order valence-corrected chi connectivity index (χ0v) is 16.5. The molecule has 0 radical (unpaired) electrons. The molecular weight excluding hydrogens is 322 g/mol. The van der Waals surface area contributed by atoms with Gasteiger partial charge in [0.15, 0.2) is 0 Å².